The number of anilines is 1. The lowest BCUT2D eigenvalue weighted by molar-refractivity contribution is -0.119. The van der Waals surface area contributed by atoms with Gasteiger partial charge in [0.2, 0.25) is 0 Å². The predicted molar refractivity (Wildman–Crippen MR) is 142 cm³/mol. The Morgan fingerprint density at radius 1 is 0.972 bits per heavy atom. The number of hydrogen-bond acceptors (Lipinski definition) is 6. The third-order valence-electron chi connectivity index (χ3n) is 5.56. The molecule has 0 aliphatic rings. The molecule has 0 atom stereocenters. The van der Waals surface area contributed by atoms with Crippen molar-refractivity contribution in [1.82, 2.24) is 5.43 Å². The number of ether oxygens (including phenoxy) is 2. The summed E-state index contributed by atoms with van der Waals surface area (Å²) in [4.78, 5) is 12.8. The number of sulfonamides is 1. The molecule has 0 aromatic heterocycles. The number of benzene rings is 3. The molecule has 0 fully saturated rings. The highest BCUT2D eigenvalue weighted by Gasteiger charge is 2.28. The van der Waals surface area contributed by atoms with E-state index in [1.54, 1.807) is 24.3 Å². The minimum absolute atomic E-state index is 0.0597. The molecule has 0 saturated heterocycles. The van der Waals surface area contributed by atoms with Gasteiger partial charge in [-0.2, -0.15) is 5.10 Å². The molecule has 36 heavy (non-hydrogen) atoms. The topological polar surface area (TPSA) is 97.3 Å². The normalized spacial score (nSPS) is 11.5. The average Bonchev–Trinajstić information content (AvgIpc) is 2.87. The highest BCUT2D eigenvalue weighted by atomic mass is 32.2. The van der Waals surface area contributed by atoms with Gasteiger partial charge in [0.05, 0.1) is 31.0 Å². The summed E-state index contributed by atoms with van der Waals surface area (Å²) in [5.41, 5.74) is 5.59. The van der Waals surface area contributed by atoms with Crippen LogP contribution in [0.15, 0.2) is 76.7 Å². The molecule has 0 saturated carbocycles. The van der Waals surface area contributed by atoms with Crippen LogP contribution in [0.25, 0.3) is 0 Å². The van der Waals surface area contributed by atoms with Gasteiger partial charge in [0.1, 0.15) is 6.54 Å². The molecule has 0 bridgehead atoms. The Morgan fingerprint density at radius 3 is 2.19 bits per heavy atom. The smallest absolute Gasteiger partial charge is 0.264 e. The summed E-state index contributed by atoms with van der Waals surface area (Å²) in [5, 5.41) is 4.00. The van der Waals surface area contributed by atoms with Crippen molar-refractivity contribution in [2.45, 2.75) is 31.6 Å². The Labute approximate surface area is 212 Å². The molecule has 1 N–H and O–H groups in total. The SMILES string of the molecule is COc1ccc(N(CC(=O)N/N=C\c2ccc(C(C)C)cc2)S(=O)(=O)c2ccc(C)cc2)cc1OC. The highest BCUT2D eigenvalue weighted by molar-refractivity contribution is 7.92. The Morgan fingerprint density at radius 2 is 1.61 bits per heavy atom. The van der Waals surface area contributed by atoms with Crippen molar-refractivity contribution in [2.75, 3.05) is 25.1 Å². The van der Waals surface area contributed by atoms with Crippen LogP contribution in [0.1, 0.15) is 36.5 Å². The number of carbonyl (C=O) groups excluding carboxylic acids is 1. The van der Waals surface area contributed by atoms with E-state index in [9.17, 15) is 13.2 Å². The lowest BCUT2D eigenvalue weighted by atomic mass is 10.0. The second kappa shape index (κ2) is 11.7. The number of hydrazone groups is 1. The zero-order valence-electron chi connectivity index (χ0n) is 21.1. The molecule has 0 unspecified atom stereocenters. The maximum Gasteiger partial charge on any atom is 0.264 e. The van der Waals surface area contributed by atoms with Gasteiger partial charge in [-0.1, -0.05) is 55.8 Å². The number of methoxy groups -OCH3 is 2. The quantitative estimate of drug-likeness (QED) is 0.321. The predicted octanol–water partition coefficient (Wildman–Crippen LogP) is 4.48. The fourth-order valence-electron chi connectivity index (χ4n) is 3.44. The van der Waals surface area contributed by atoms with E-state index >= 15 is 0 Å². The summed E-state index contributed by atoms with van der Waals surface area (Å²) in [6.45, 7) is 5.59. The molecule has 3 rings (SSSR count). The van der Waals surface area contributed by atoms with Crippen molar-refractivity contribution in [3.8, 4) is 11.5 Å². The first kappa shape index (κ1) is 26.7. The van der Waals surface area contributed by atoms with Crippen LogP contribution in [0.5, 0.6) is 11.5 Å². The van der Waals surface area contributed by atoms with Crippen molar-refractivity contribution < 1.29 is 22.7 Å². The minimum atomic E-state index is -4.08. The van der Waals surface area contributed by atoms with Gasteiger partial charge in [0, 0.05) is 6.07 Å². The summed E-state index contributed by atoms with van der Waals surface area (Å²) in [6.07, 6.45) is 1.51. The maximum atomic E-state index is 13.6. The van der Waals surface area contributed by atoms with Crippen LogP contribution in [0, 0.1) is 6.92 Å². The van der Waals surface area contributed by atoms with E-state index in [1.165, 1.54) is 44.2 Å². The largest absolute Gasteiger partial charge is 0.493 e. The molecule has 8 nitrogen and oxygen atoms in total. The van der Waals surface area contributed by atoms with E-state index in [2.05, 4.69) is 24.4 Å². The van der Waals surface area contributed by atoms with Gasteiger partial charge in [-0.25, -0.2) is 13.8 Å². The molecule has 3 aromatic rings. The molecule has 0 aliphatic carbocycles. The van der Waals surface area contributed by atoms with Crippen molar-refractivity contribution in [1.29, 1.82) is 0 Å². The number of nitrogens with one attached hydrogen (secondary N) is 1. The van der Waals surface area contributed by atoms with Crippen molar-refractivity contribution in [3.05, 3.63) is 83.4 Å². The van der Waals surface area contributed by atoms with E-state index in [0.29, 0.717) is 17.4 Å². The molecular formula is C27H31N3O5S. The third-order valence-corrected chi connectivity index (χ3v) is 7.35. The maximum absolute atomic E-state index is 13.6. The molecule has 1 amide bonds. The summed E-state index contributed by atoms with van der Waals surface area (Å²) in [5.74, 6) is 0.582. The van der Waals surface area contributed by atoms with Crippen molar-refractivity contribution in [3.63, 3.8) is 0 Å². The molecule has 190 valence electrons. The summed E-state index contributed by atoms with van der Waals surface area (Å²) in [6, 6.07) is 18.9. The fraction of sp³-hybridized carbons (Fsp3) is 0.259. The zero-order chi connectivity index (χ0) is 26.3. The van der Waals surface area contributed by atoms with E-state index in [4.69, 9.17) is 9.47 Å². The molecule has 3 aromatic carbocycles. The monoisotopic (exact) mass is 509 g/mol. The van der Waals surface area contributed by atoms with Gasteiger partial charge >= 0.3 is 0 Å². The molecule has 0 aliphatic heterocycles. The van der Waals surface area contributed by atoms with E-state index in [-0.39, 0.29) is 10.6 Å². The lowest BCUT2D eigenvalue weighted by Gasteiger charge is -2.24. The Bertz CT molecular complexity index is 1320. The lowest BCUT2D eigenvalue weighted by Crippen LogP contribution is -2.39. The first-order valence-corrected chi connectivity index (χ1v) is 12.8. The average molecular weight is 510 g/mol. The van der Waals surface area contributed by atoms with Crippen LogP contribution >= 0.6 is 0 Å². The number of nitrogens with zero attached hydrogens (tertiary/aromatic N) is 2. The summed E-state index contributed by atoms with van der Waals surface area (Å²) < 4.78 is 38.7. The van der Waals surface area contributed by atoms with Gasteiger partial charge < -0.3 is 9.47 Å². The zero-order valence-corrected chi connectivity index (χ0v) is 21.9. The second-order valence-electron chi connectivity index (χ2n) is 8.48. The standard InChI is InChI=1S/C27H31N3O5S/c1-19(2)22-10-8-21(9-11-22)17-28-29-27(31)18-30(23-12-15-25(34-4)26(16-23)35-5)36(32,33)24-13-6-20(3)7-14-24/h6-17,19H,18H2,1-5H3,(H,29,31)/b28-17-. The summed E-state index contributed by atoms with van der Waals surface area (Å²) in [7, 11) is -1.14. The third kappa shape index (κ3) is 6.42. The number of amides is 1. The van der Waals surface area contributed by atoms with Crippen molar-refractivity contribution in [2.24, 2.45) is 5.10 Å². The van der Waals surface area contributed by atoms with Crippen LogP contribution in [0.3, 0.4) is 0 Å². The van der Waals surface area contributed by atoms with E-state index < -0.39 is 22.5 Å². The van der Waals surface area contributed by atoms with Gasteiger partial charge in [-0.3, -0.25) is 9.10 Å². The number of aryl methyl sites for hydroxylation is 1. The number of carbonyl (C=O) groups is 1. The molecule has 9 heteroatoms. The highest BCUT2D eigenvalue weighted by Crippen LogP contribution is 2.33. The molecular weight excluding hydrogens is 478 g/mol. The molecule has 0 heterocycles. The number of hydrogen-bond donors (Lipinski definition) is 1. The van der Waals surface area contributed by atoms with Gasteiger partial charge in [-0.05, 0) is 48.2 Å². The van der Waals surface area contributed by atoms with Crippen LogP contribution in [-0.2, 0) is 14.8 Å². The molecule has 0 spiro atoms. The van der Waals surface area contributed by atoms with Gasteiger partial charge in [0.15, 0.2) is 11.5 Å². The molecule has 0 radical (unpaired) electrons. The van der Waals surface area contributed by atoms with Crippen LogP contribution in [-0.4, -0.2) is 41.3 Å². The van der Waals surface area contributed by atoms with Crippen LogP contribution in [0.4, 0.5) is 5.69 Å². The van der Waals surface area contributed by atoms with Crippen LogP contribution < -0.4 is 19.2 Å². The van der Waals surface area contributed by atoms with E-state index in [0.717, 1.165) is 15.4 Å². The Hall–Kier alpha value is -3.85. The Balaban J connectivity index is 1.87. The first-order chi connectivity index (χ1) is 17.1. The van der Waals surface area contributed by atoms with Gasteiger partial charge in [0.25, 0.3) is 15.9 Å². The van der Waals surface area contributed by atoms with Gasteiger partial charge in [-0.15, -0.1) is 0 Å². The minimum Gasteiger partial charge on any atom is -0.493 e. The van der Waals surface area contributed by atoms with Crippen LogP contribution in [0.2, 0.25) is 0 Å². The summed E-state index contributed by atoms with van der Waals surface area (Å²) >= 11 is 0. The second-order valence-corrected chi connectivity index (χ2v) is 10.3. The van der Waals surface area contributed by atoms with Crippen molar-refractivity contribution >= 4 is 27.8 Å². The van der Waals surface area contributed by atoms with E-state index in [1.807, 2.05) is 31.2 Å². The number of rotatable bonds is 10. The fourth-order valence-corrected chi connectivity index (χ4v) is 4.86. The first-order valence-electron chi connectivity index (χ1n) is 11.4. The Kier molecular flexibility index (Phi) is 8.71.